The molecule has 2 aromatic rings. The van der Waals surface area contributed by atoms with Gasteiger partial charge in [0.25, 0.3) is 0 Å². The van der Waals surface area contributed by atoms with Crippen LogP contribution in [0.5, 0.6) is 0 Å². The van der Waals surface area contributed by atoms with E-state index in [1.54, 1.807) is 6.07 Å². The lowest BCUT2D eigenvalue weighted by molar-refractivity contribution is 0.509. The van der Waals surface area contributed by atoms with Crippen LogP contribution in [0.4, 0.5) is 8.78 Å². The molecule has 0 aliphatic rings. The van der Waals surface area contributed by atoms with Crippen LogP contribution in [0.1, 0.15) is 12.0 Å². The normalized spacial score (nSPS) is 10.3. The third-order valence-corrected chi connectivity index (χ3v) is 2.84. The van der Waals surface area contributed by atoms with E-state index in [1.165, 1.54) is 11.6 Å². The summed E-state index contributed by atoms with van der Waals surface area (Å²) in [5.41, 5.74) is 2.78. The molecule has 0 spiro atoms. The molecule has 0 aromatic heterocycles. The Bertz CT molecular complexity index is 542. The minimum Gasteiger partial charge on any atom is -0.204 e. The minimum atomic E-state index is -0.818. The van der Waals surface area contributed by atoms with Gasteiger partial charge in [0.05, 0.1) is 0 Å². The summed E-state index contributed by atoms with van der Waals surface area (Å²) in [6.07, 6.45) is 3.76. The van der Waals surface area contributed by atoms with E-state index in [0.717, 1.165) is 24.5 Å². The smallest absolute Gasteiger partial charge is 0.159 e. The number of rotatable bonds is 4. The molecule has 0 aliphatic carbocycles. The maximum absolute atomic E-state index is 13.1. The van der Waals surface area contributed by atoms with Gasteiger partial charge in [-0.05, 0) is 41.7 Å². The third-order valence-electron chi connectivity index (χ3n) is 2.84. The second kappa shape index (κ2) is 5.58. The predicted octanol–water partition coefficient (Wildman–Crippen LogP) is 4.75. The van der Waals surface area contributed by atoms with Crippen molar-refractivity contribution in [2.45, 2.75) is 12.8 Å². The van der Waals surface area contributed by atoms with Gasteiger partial charge in [0.1, 0.15) is 0 Å². The van der Waals surface area contributed by atoms with Crippen LogP contribution in [-0.4, -0.2) is 0 Å². The SMILES string of the molecule is C=CCCc1ccc(-c2ccc(F)c(F)c2)cc1. The van der Waals surface area contributed by atoms with E-state index < -0.39 is 11.6 Å². The molecule has 0 aliphatic heterocycles. The Balaban J connectivity index is 2.22. The number of aryl methyl sites for hydroxylation is 1. The van der Waals surface area contributed by atoms with Crippen molar-refractivity contribution in [2.24, 2.45) is 0 Å². The monoisotopic (exact) mass is 244 g/mol. The third kappa shape index (κ3) is 2.83. The van der Waals surface area contributed by atoms with E-state index in [4.69, 9.17) is 0 Å². The lowest BCUT2D eigenvalue weighted by Gasteiger charge is -2.04. The number of hydrogen-bond acceptors (Lipinski definition) is 0. The first-order valence-corrected chi connectivity index (χ1v) is 5.86. The Labute approximate surface area is 106 Å². The molecule has 0 atom stereocenters. The topological polar surface area (TPSA) is 0 Å². The highest BCUT2D eigenvalue weighted by Gasteiger charge is 2.04. The summed E-state index contributed by atoms with van der Waals surface area (Å²) in [6.45, 7) is 3.68. The Morgan fingerprint density at radius 3 is 2.17 bits per heavy atom. The fourth-order valence-corrected chi connectivity index (χ4v) is 1.81. The Morgan fingerprint density at radius 2 is 1.56 bits per heavy atom. The summed E-state index contributed by atoms with van der Waals surface area (Å²) in [7, 11) is 0. The second-order valence-electron chi connectivity index (χ2n) is 4.15. The van der Waals surface area contributed by atoms with Gasteiger partial charge in [0, 0.05) is 0 Å². The molecule has 0 nitrogen and oxygen atoms in total. The fourth-order valence-electron chi connectivity index (χ4n) is 1.81. The van der Waals surface area contributed by atoms with E-state index in [-0.39, 0.29) is 0 Å². The molecule has 18 heavy (non-hydrogen) atoms. The quantitative estimate of drug-likeness (QED) is 0.681. The van der Waals surface area contributed by atoms with Crippen molar-refractivity contribution >= 4 is 0 Å². The molecule has 0 N–H and O–H groups in total. The first-order chi connectivity index (χ1) is 8.70. The fraction of sp³-hybridized carbons (Fsp3) is 0.125. The van der Waals surface area contributed by atoms with Gasteiger partial charge < -0.3 is 0 Å². The molecule has 2 aromatic carbocycles. The molecule has 0 radical (unpaired) electrons. The molecule has 0 fully saturated rings. The van der Waals surface area contributed by atoms with Gasteiger partial charge >= 0.3 is 0 Å². The van der Waals surface area contributed by atoms with E-state index >= 15 is 0 Å². The second-order valence-corrected chi connectivity index (χ2v) is 4.15. The Morgan fingerprint density at radius 1 is 0.889 bits per heavy atom. The van der Waals surface area contributed by atoms with Crippen LogP contribution >= 0.6 is 0 Å². The molecule has 2 heteroatoms. The maximum atomic E-state index is 13.1. The Hall–Kier alpha value is -1.96. The van der Waals surface area contributed by atoms with E-state index in [2.05, 4.69) is 6.58 Å². The summed E-state index contributed by atoms with van der Waals surface area (Å²) in [6, 6.07) is 11.8. The van der Waals surface area contributed by atoms with Crippen LogP contribution in [-0.2, 0) is 6.42 Å². The van der Waals surface area contributed by atoms with Gasteiger partial charge in [-0.1, -0.05) is 36.4 Å². The van der Waals surface area contributed by atoms with E-state index in [9.17, 15) is 8.78 Å². The number of benzene rings is 2. The van der Waals surface area contributed by atoms with Crippen LogP contribution < -0.4 is 0 Å². The highest BCUT2D eigenvalue weighted by molar-refractivity contribution is 5.63. The zero-order chi connectivity index (χ0) is 13.0. The van der Waals surface area contributed by atoms with Crippen molar-refractivity contribution in [3.05, 3.63) is 72.3 Å². The zero-order valence-electron chi connectivity index (χ0n) is 10.00. The van der Waals surface area contributed by atoms with Crippen LogP contribution in [0.15, 0.2) is 55.1 Å². The molecule has 0 heterocycles. The van der Waals surface area contributed by atoms with E-state index in [0.29, 0.717) is 5.56 Å². The van der Waals surface area contributed by atoms with Gasteiger partial charge in [-0.3, -0.25) is 0 Å². The van der Waals surface area contributed by atoms with Gasteiger partial charge in [-0.2, -0.15) is 0 Å². The van der Waals surface area contributed by atoms with Crippen LogP contribution in [0.25, 0.3) is 11.1 Å². The summed E-state index contributed by atoms with van der Waals surface area (Å²) in [4.78, 5) is 0. The van der Waals surface area contributed by atoms with Crippen molar-refractivity contribution in [1.29, 1.82) is 0 Å². The van der Waals surface area contributed by atoms with Gasteiger partial charge in [0.15, 0.2) is 11.6 Å². The van der Waals surface area contributed by atoms with Gasteiger partial charge in [-0.25, -0.2) is 8.78 Å². The molecule has 0 bridgehead atoms. The summed E-state index contributed by atoms with van der Waals surface area (Å²) in [5, 5.41) is 0. The molecule has 0 saturated heterocycles. The first-order valence-electron chi connectivity index (χ1n) is 5.86. The van der Waals surface area contributed by atoms with Crippen LogP contribution in [0.3, 0.4) is 0 Å². The first kappa shape index (κ1) is 12.5. The molecule has 0 saturated carbocycles. The lowest BCUT2D eigenvalue weighted by Crippen LogP contribution is -1.87. The zero-order valence-corrected chi connectivity index (χ0v) is 10.00. The van der Waals surface area contributed by atoms with Crippen LogP contribution in [0.2, 0.25) is 0 Å². The van der Waals surface area contributed by atoms with Crippen molar-refractivity contribution in [2.75, 3.05) is 0 Å². The molecular formula is C16H14F2. The summed E-state index contributed by atoms with van der Waals surface area (Å²) >= 11 is 0. The lowest BCUT2D eigenvalue weighted by atomic mass is 10.0. The highest BCUT2D eigenvalue weighted by atomic mass is 19.2. The van der Waals surface area contributed by atoms with Crippen molar-refractivity contribution < 1.29 is 8.78 Å². The standard InChI is InChI=1S/C16H14F2/c1-2-3-4-12-5-7-13(8-6-12)14-9-10-15(17)16(18)11-14/h2,5-11H,1,3-4H2. The molecule has 0 unspecified atom stereocenters. The average molecular weight is 244 g/mol. The number of allylic oxidation sites excluding steroid dienone is 1. The minimum absolute atomic E-state index is 0.684. The molecular weight excluding hydrogens is 230 g/mol. The summed E-state index contributed by atoms with van der Waals surface area (Å²) < 4.78 is 26.0. The van der Waals surface area contributed by atoms with Gasteiger partial charge in [-0.15, -0.1) is 6.58 Å². The van der Waals surface area contributed by atoms with Crippen molar-refractivity contribution in [3.8, 4) is 11.1 Å². The predicted molar refractivity (Wildman–Crippen MR) is 70.3 cm³/mol. The van der Waals surface area contributed by atoms with E-state index in [1.807, 2.05) is 30.3 Å². The van der Waals surface area contributed by atoms with Gasteiger partial charge in [0.2, 0.25) is 0 Å². The Kier molecular flexibility index (Phi) is 3.88. The highest BCUT2D eigenvalue weighted by Crippen LogP contribution is 2.22. The molecule has 0 amide bonds. The molecule has 92 valence electrons. The summed E-state index contributed by atoms with van der Waals surface area (Å²) in [5.74, 6) is -1.63. The number of hydrogen-bond donors (Lipinski definition) is 0. The maximum Gasteiger partial charge on any atom is 0.159 e. The number of halogens is 2. The van der Waals surface area contributed by atoms with Crippen molar-refractivity contribution in [1.82, 2.24) is 0 Å². The largest absolute Gasteiger partial charge is 0.204 e. The average Bonchev–Trinajstić information content (AvgIpc) is 2.40. The van der Waals surface area contributed by atoms with Crippen molar-refractivity contribution in [3.63, 3.8) is 0 Å². The molecule has 2 rings (SSSR count). The van der Waals surface area contributed by atoms with Crippen LogP contribution in [0, 0.1) is 11.6 Å².